The zero-order valence-electron chi connectivity index (χ0n) is 18.1. The smallest absolute Gasteiger partial charge is 0.267 e. The van der Waals surface area contributed by atoms with E-state index in [0.29, 0.717) is 6.61 Å². The second-order valence-electron chi connectivity index (χ2n) is 9.37. The van der Waals surface area contributed by atoms with E-state index >= 15 is 0 Å². The highest BCUT2D eigenvalue weighted by Crippen LogP contribution is 2.42. The number of aryl methyl sites for hydroxylation is 1. The molecule has 2 aliphatic rings. The van der Waals surface area contributed by atoms with Gasteiger partial charge in [0.25, 0.3) is 6.43 Å². The fourth-order valence-electron chi connectivity index (χ4n) is 5.62. The highest BCUT2D eigenvalue weighted by Gasteiger charge is 2.30. The minimum Gasteiger partial charge on any atom is -0.491 e. The van der Waals surface area contributed by atoms with Gasteiger partial charge < -0.3 is 4.74 Å². The Bertz CT molecular complexity index is 629. The normalized spacial score (nSPS) is 27.9. The molecule has 1 nitrogen and oxygen atoms in total. The van der Waals surface area contributed by atoms with E-state index in [9.17, 15) is 13.2 Å². The van der Waals surface area contributed by atoms with Crippen LogP contribution in [-0.2, 0) is 0 Å². The number of halogens is 3. The summed E-state index contributed by atoms with van der Waals surface area (Å²) in [5, 5.41) is 0. The minimum atomic E-state index is -2.81. The first kappa shape index (κ1) is 22.5. The van der Waals surface area contributed by atoms with Crippen LogP contribution in [0.5, 0.6) is 5.75 Å². The second kappa shape index (κ2) is 10.7. The summed E-state index contributed by atoms with van der Waals surface area (Å²) >= 11 is 0. The molecule has 0 atom stereocenters. The molecule has 1 aromatic carbocycles. The molecule has 0 radical (unpaired) electrons. The van der Waals surface area contributed by atoms with E-state index < -0.39 is 17.8 Å². The van der Waals surface area contributed by atoms with Gasteiger partial charge in [-0.05, 0) is 80.8 Å². The summed E-state index contributed by atoms with van der Waals surface area (Å²) < 4.78 is 45.7. The van der Waals surface area contributed by atoms with E-state index in [0.717, 1.165) is 36.5 Å². The van der Waals surface area contributed by atoms with Crippen LogP contribution >= 0.6 is 0 Å². The SMILES string of the molecule is CCC1CCC(C2CCC(CCCOc3ccc(C)c(C(F)F)c3F)CC2)CC1. The number of hydrogen-bond donors (Lipinski definition) is 0. The molecule has 0 amide bonds. The summed E-state index contributed by atoms with van der Waals surface area (Å²) in [6.45, 7) is 4.22. The third-order valence-electron chi connectivity index (χ3n) is 7.62. The molecule has 2 saturated carbocycles. The Hall–Kier alpha value is -1.19. The van der Waals surface area contributed by atoms with Crippen LogP contribution in [0.3, 0.4) is 0 Å². The standard InChI is InChI=1S/C25H37F3O/c1-3-18-7-11-20(12-8-18)21-13-9-19(10-14-21)5-4-16-29-22-15-6-17(2)23(24(22)26)25(27)28/h6,15,18-21,25H,3-5,7-14,16H2,1-2H3. The first-order valence-corrected chi connectivity index (χ1v) is 11.7. The van der Waals surface area contributed by atoms with Gasteiger partial charge in [0.1, 0.15) is 0 Å². The molecule has 0 heterocycles. The number of alkyl halides is 2. The van der Waals surface area contributed by atoms with Crippen molar-refractivity contribution in [3.63, 3.8) is 0 Å². The highest BCUT2D eigenvalue weighted by molar-refractivity contribution is 5.37. The summed E-state index contributed by atoms with van der Waals surface area (Å²) in [5.41, 5.74) is -0.265. The van der Waals surface area contributed by atoms with Gasteiger partial charge in [0.05, 0.1) is 12.2 Å². The van der Waals surface area contributed by atoms with Crippen LogP contribution < -0.4 is 4.74 Å². The Morgan fingerprint density at radius 3 is 2.07 bits per heavy atom. The predicted molar refractivity (Wildman–Crippen MR) is 112 cm³/mol. The fourth-order valence-corrected chi connectivity index (χ4v) is 5.62. The molecule has 0 unspecified atom stereocenters. The molecule has 0 aliphatic heterocycles. The summed E-state index contributed by atoms with van der Waals surface area (Å²) in [6, 6.07) is 2.98. The van der Waals surface area contributed by atoms with Gasteiger partial charge in [0, 0.05) is 0 Å². The largest absolute Gasteiger partial charge is 0.491 e. The molecule has 0 aromatic heterocycles. The van der Waals surface area contributed by atoms with E-state index in [1.807, 2.05) is 0 Å². The summed E-state index contributed by atoms with van der Waals surface area (Å²) in [5.74, 6) is 2.64. The van der Waals surface area contributed by atoms with Gasteiger partial charge in [-0.15, -0.1) is 0 Å². The van der Waals surface area contributed by atoms with Crippen LogP contribution in [0.15, 0.2) is 12.1 Å². The Morgan fingerprint density at radius 1 is 0.931 bits per heavy atom. The van der Waals surface area contributed by atoms with E-state index in [-0.39, 0.29) is 11.3 Å². The van der Waals surface area contributed by atoms with Gasteiger partial charge >= 0.3 is 0 Å². The molecule has 2 aliphatic carbocycles. The van der Waals surface area contributed by atoms with E-state index in [1.54, 1.807) is 0 Å². The summed E-state index contributed by atoms with van der Waals surface area (Å²) in [6.07, 6.45) is 11.5. The average Bonchev–Trinajstić information content (AvgIpc) is 2.73. The highest BCUT2D eigenvalue weighted by atomic mass is 19.3. The molecule has 29 heavy (non-hydrogen) atoms. The molecule has 0 bridgehead atoms. The van der Waals surface area contributed by atoms with E-state index in [4.69, 9.17) is 4.74 Å². The van der Waals surface area contributed by atoms with Crippen molar-refractivity contribution in [3.8, 4) is 5.75 Å². The monoisotopic (exact) mass is 410 g/mol. The van der Waals surface area contributed by atoms with Crippen molar-refractivity contribution < 1.29 is 17.9 Å². The van der Waals surface area contributed by atoms with Crippen molar-refractivity contribution in [2.45, 2.75) is 90.9 Å². The van der Waals surface area contributed by atoms with Crippen molar-refractivity contribution in [2.75, 3.05) is 6.61 Å². The van der Waals surface area contributed by atoms with Crippen LogP contribution in [0.2, 0.25) is 0 Å². The lowest BCUT2D eigenvalue weighted by Gasteiger charge is -2.37. The molecule has 2 fully saturated rings. The number of hydrogen-bond acceptors (Lipinski definition) is 1. The zero-order chi connectivity index (χ0) is 20.8. The Kier molecular flexibility index (Phi) is 8.32. The van der Waals surface area contributed by atoms with Crippen molar-refractivity contribution in [1.29, 1.82) is 0 Å². The van der Waals surface area contributed by atoms with Crippen LogP contribution in [0.25, 0.3) is 0 Å². The van der Waals surface area contributed by atoms with Gasteiger partial charge in [-0.1, -0.05) is 45.1 Å². The maximum Gasteiger partial charge on any atom is 0.267 e. The van der Waals surface area contributed by atoms with Crippen LogP contribution in [-0.4, -0.2) is 6.61 Å². The van der Waals surface area contributed by atoms with Gasteiger partial charge in [-0.25, -0.2) is 13.2 Å². The predicted octanol–water partition coefficient (Wildman–Crippen LogP) is 8.25. The number of ether oxygens (including phenoxy) is 1. The van der Waals surface area contributed by atoms with E-state index in [1.165, 1.54) is 76.8 Å². The van der Waals surface area contributed by atoms with Crippen molar-refractivity contribution in [3.05, 3.63) is 29.1 Å². The molecule has 0 N–H and O–H groups in total. The number of benzene rings is 1. The van der Waals surface area contributed by atoms with Gasteiger partial charge in [0.2, 0.25) is 0 Å². The molecule has 1 aromatic rings. The molecule has 0 spiro atoms. The van der Waals surface area contributed by atoms with Crippen LogP contribution in [0, 0.1) is 36.4 Å². The molecular formula is C25H37F3O. The Balaban J connectivity index is 1.36. The molecule has 3 rings (SSSR count). The van der Waals surface area contributed by atoms with Crippen LogP contribution in [0.4, 0.5) is 13.2 Å². The minimum absolute atomic E-state index is 0.0442. The molecule has 4 heteroatoms. The zero-order valence-corrected chi connectivity index (χ0v) is 18.1. The Labute approximate surface area is 174 Å². The maximum absolute atomic E-state index is 14.2. The van der Waals surface area contributed by atoms with Gasteiger partial charge in [-0.3, -0.25) is 0 Å². The number of rotatable bonds is 8. The summed E-state index contributed by atoms with van der Waals surface area (Å²) in [7, 11) is 0. The third-order valence-corrected chi connectivity index (χ3v) is 7.62. The van der Waals surface area contributed by atoms with E-state index in [2.05, 4.69) is 6.92 Å². The van der Waals surface area contributed by atoms with Gasteiger partial charge in [-0.2, -0.15) is 0 Å². The molecule has 0 saturated heterocycles. The summed E-state index contributed by atoms with van der Waals surface area (Å²) in [4.78, 5) is 0. The third kappa shape index (κ3) is 5.92. The quantitative estimate of drug-likeness (QED) is 0.392. The first-order valence-electron chi connectivity index (χ1n) is 11.7. The first-order chi connectivity index (χ1) is 14.0. The maximum atomic E-state index is 14.2. The second-order valence-corrected chi connectivity index (χ2v) is 9.37. The lowest BCUT2D eigenvalue weighted by Crippen LogP contribution is -2.25. The lowest BCUT2D eigenvalue weighted by molar-refractivity contribution is 0.138. The Morgan fingerprint density at radius 2 is 1.52 bits per heavy atom. The molecular weight excluding hydrogens is 373 g/mol. The van der Waals surface area contributed by atoms with Crippen molar-refractivity contribution in [2.24, 2.45) is 23.7 Å². The fraction of sp³-hybridized carbons (Fsp3) is 0.760. The lowest BCUT2D eigenvalue weighted by atomic mass is 9.68. The van der Waals surface area contributed by atoms with Gasteiger partial charge in [0.15, 0.2) is 11.6 Å². The van der Waals surface area contributed by atoms with Crippen molar-refractivity contribution >= 4 is 0 Å². The van der Waals surface area contributed by atoms with Crippen molar-refractivity contribution in [1.82, 2.24) is 0 Å². The molecule has 164 valence electrons. The van der Waals surface area contributed by atoms with Crippen LogP contribution in [0.1, 0.15) is 95.1 Å². The average molecular weight is 411 g/mol. The topological polar surface area (TPSA) is 9.23 Å².